The molecule has 2 heterocycles. The molecular weight excluding hydrogens is 274 g/mol. The van der Waals surface area contributed by atoms with Crippen molar-refractivity contribution in [3.63, 3.8) is 0 Å². The first kappa shape index (κ1) is 12.7. The van der Waals surface area contributed by atoms with Gasteiger partial charge in [0.2, 0.25) is 0 Å². The minimum Gasteiger partial charge on any atom is -0.351 e. The van der Waals surface area contributed by atoms with Gasteiger partial charge < -0.3 is 15.3 Å². The Hall–Kier alpha value is -2.34. The van der Waals surface area contributed by atoms with Crippen LogP contribution < -0.4 is 10.2 Å². The van der Waals surface area contributed by atoms with Gasteiger partial charge in [0.05, 0.1) is 6.54 Å². The van der Waals surface area contributed by atoms with Gasteiger partial charge in [0, 0.05) is 22.0 Å². The van der Waals surface area contributed by atoms with Crippen LogP contribution in [-0.2, 0) is 6.54 Å². The number of hydrogen-bond acceptors (Lipinski definition) is 3. The summed E-state index contributed by atoms with van der Waals surface area (Å²) < 4.78 is 0. The number of thiazole rings is 1. The smallest absolute Gasteiger partial charge is 0.304 e. The molecular formula is C14H13N3O2S. The van der Waals surface area contributed by atoms with E-state index in [-0.39, 0.29) is 10.8 Å². The molecule has 1 aromatic carbocycles. The van der Waals surface area contributed by atoms with Crippen LogP contribution in [0.1, 0.15) is 21.7 Å². The van der Waals surface area contributed by atoms with Gasteiger partial charge in [-0.15, -0.1) is 0 Å². The Bertz CT molecular complexity index is 828. The molecule has 0 fully saturated rings. The average Bonchev–Trinajstić information content (AvgIpc) is 3.01. The van der Waals surface area contributed by atoms with E-state index in [1.54, 1.807) is 5.38 Å². The topological polar surface area (TPSA) is 77.8 Å². The lowest BCUT2D eigenvalue weighted by atomic mass is 10.2. The molecule has 102 valence electrons. The van der Waals surface area contributed by atoms with E-state index in [0.717, 1.165) is 27.8 Å². The van der Waals surface area contributed by atoms with Crippen molar-refractivity contribution in [2.45, 2.75) is 13.5 Å². The number of rotatable bonds is 3. The Morgan fingerprint density at radius 3 is 2.90 bits per heavy atom. The highest BCUT2D eigenvalue weighted by Gasteiger charge is 2.09. The molecule has 0 aliphatic carbocycles. The lowest BCUT2D eigenvalue weighted by Crippen LogP contribution is -2.23. The van der Waals surface area contributed by atoms with Crippen molar-refractivity contribution in [2.75, 3.05) is 0 Å². The first-order valence-corrected chi connectivity index (χ1v) is 7.04. The number of aryl methyl sites for hydroxylation is 1. The Morgan fingerprint density at radius 2 is 2.15 bits per heavy atom. The minimum atomic E-state index is -0.189. The largest absolute Gasteiger partial charge is 0.351 e. The van der Waals surface area contributed by atoms with Crippen molar-refractivity contribution in [3.05, 3.63) is 56.3 Å². The van der Waals surface area contributed by atoms with Gasteiger partial charge in [-0.3, -0.25) is 9.59 Å². The van der Waals surface area contributed by atoms with Crippen LogP contribution in [0.3, 0.4) is 0 Å². The van der Waals surface area contributed by atoms with Gasteiger partial charge in [-0.25, -0.2) is 0 Å². The van der Waals surface area contributed by atoms with E-state index in [1.807, 2.05) is 31.2 Å². The second-order valence-electron chi connectivity index (χ2n) is 4.63. The molecule has 6 heteroatoms. The predicted molar refractivity (Wildman–Crippen MR) is 79.1 cm³/mol. The number of aromatic nitrogens is 2. The van der Waals surface area contributed by atoms with Crippen LogP contribution in [0.5, 0.6) is 0 Å². The summed E-state index contributed by atoms with van der Waals surface area (Å²) >= 11 is 1.09. The Labute approximate surface area is 118 Å². The third-order valence-electron chi connectivity index (χ3n) is 3.03. The molecule has 3 rings (SSSR count). The maximum atomic E-state index is 12.0. The summed E-state index contributed by atoms with van der Waals surface area (Å²) in [7, 11) is 0. The quantitative estimate of drug-likeness (QED) is 0.690. The molecule has 2 aromatic heterocycles. The molecule has 0 aliphatic heterocycles. The standard InChI is InChI=1S/C14H13N3O2S/c1-8-2-3-9-5-12(17-11(9)4-8)13(18)15-6-10-7-20-14(19)16-10/h2-5,7,17H,6H2,1H3,(H,15,18)(H,16,19). The van der Waals surface area contributed by atoms with E-state index in [2.05, 4.69) is 15.3 Å². The van der Waals surface area contributed by atoms with E-state index in [4.69, 9.17) is 0 Å². The van der Waals surface area contributed by atoms with Crippen molar-refractivity contribution in [2.24, 2.45) is 0 Å². The number of nitrogens with one attached hydrogen (secondary N) is 3. The highest BCUT2D eigenvalue weighted by molar-refractivity contribution is 7.07. The second-order valence-corrected chi connectivity index (χ2v) is 5.47. The van der Waals surface area contributed by atoms with Gasteiger partial charge in [-0.2, -0.15) is 0 Å². The molecule has 0 saturated heterocycles. The number of carbonyl (C=O) groups excluding carboxylic acids is 1. The summed E-state index contributed by atoms with van der Waals surface area (Å²) in [6, 6.07) is 7.81. The molecule has 0 spiro atoms. The van der Waals surface area contributed by atoms with Crippen LogP contribution in [0.25, 0.3) is 10.9 Å². The third-order valence-corrected chi connectivity index (χ3v) is 3.75. The van der Waals surface area contributed by atoms with Gasteiger partial charge in [-0.1, -0.05) is 23.5 Å². The molecule has 3 aromatic rings. The Morgan fingerprint density at radius 1 is 1.30 bits per heavy atom. The number of amides is 1. The number of benzene rings is 1. The van der Waals surface area contributed by atoms with E-state index < -0.39 is 0 Å². The number of fused-ring (bicyclic) bond motifs is 1. The number of H-pyrrole nitrogens is 2. The monoisotopic (exact) mass is 287 g/mol. The van der Waals surface area contributed by atoms with Crippen LogP contribution in [0.15, 0.2) is 34.4 Å². The van der Waals surface area contributed by atoms with Gasteiger partial charge in [-0.05, 0) is 24.6 Å². The molecule has 0 radical (unpaired) electrons. The van der Waals surface area contributed by atoms with Crippen LogP contribution in [-0.4, -0.2) is 15.9 Å². The molecule has 0 saturated carbocycles. The van der Waals surface area contributed by atoms with Crippen molar-refractivity contribution in [1.82, 2.24) is 15.3 Å². The van der Waals surface area contributed by atoms with Crippen LogP contribution in [0.2, 0.25) is 0 Å². The fourth-order valence-corrected chi connectivity index (χ4v) is 2.62. The normalized spacial score (nSPS) is 10.8. The van der Waals surface area contributed by atoms with Crippen molar-refractivity contribution in [1.29, 1.82) is 0 Å². The van der Waals surface area contributed by atoms with Crippen molar-refractivity contribution >= 4 is 28.1 Å². The van der Waals surface area contributed by atoms with Gasteiger partial charge in [0.25, 0.3) is 5.91 Å². The van der Waals surface area contributed by atoms with E-state index in [9.17, 15) is 9.59 Å². The van der Waals surface area contributed by atoms with Gasteiger partial charge >= 0.3 is 4.87 Å². The SMILES string of the molecule is Cc1ccc2cc(C(=O)NCc3csc(=O)[nH]3)[nH]c2c1. The molecule has 5 nitrogen and oxygen atoms in total. The first-order valence-electron chi connectivity index (χ1n) is 6.16. The molecule has 20 heavy (non-hydrogen) atoms. The van der Waals surface area contributed by atoms with Crippen LogP contribution in [0.4, 0.5) is 0 Å². The minimum absolute atomic E-state index is 0.115. The molecule has 1 amide bonds. The summed E-state index contributed by atoms with van der Waals surface area (Å²) in [5.41, 5.74) is 3.31. The molecule has 0 unspecified atom stereocenters. The Balaban J connectivity index is 1.76. The molecule has 3 N–H and O–H groups in total. The number of carbonyl (C=O) groups is 1. The van der Waals surface area contributed by atoms with E-state index >= 15 is 0 Å². The summed E-state index contributed by atoms with van der Waals surface area (Å²) in [4.78, 5) is 28.7. The van der Waals surface area contributed by atoms with E-state index in [0.29, 0.717) is 17.9 Å². The summed E-state index contributed by atoms with van der Waals surface area (Å²) in [6.45, 7) is 2.32. The highest BCUT2D eigenvalue weighted by Crippen LogP contribution is 2.16. The molecule has 0 aliphatic rings. The third kappa shape index (κ3) is 2.50. The first-order chi connectivity index (χ1) is 9.61. The molecule has 0 atom stereocenters. The van der Waals surface area contributed by atoms with Crippen LogP contribution in [0, 0.1) is 6.92 Å². The highest BCUT2D eigenvalue weighted by atomic mass is 32.1. The average molecular weight is 287 g/mol. The van der Waals surface area contributed by atoms with Gasteiger partial charge in [0.15, 0.2) is 0 Å². The predicted octanol–water partition coefficient (Wildman–Crippen LogP) is 2.16. The second kappa shape index (κ2) is 4.97. The maximum absolute atomic E-state index is 12.0. The Kier molecular flexibility index (Phi) is 3.15. The van der Waals surface area contributed by atoms with Gasteiger partial charge in [0.1, 0.15) is 5.69 Å². The maximum Gasteiger partial charge on any atom is 0.304 e. The fraction of sp³-hybridized carbons (Fsp3) is 0.143. The molecule has 0 bridgehead atoms. The zero-order chi connectivity index (χ0) is 14.1. The van der Waals surface area contributed by atoms with Crippen molar-refractivity contribution in [3.8, 4) is 0 Å². The summed E-state index contributed by atoms with van der Waals surface area (Å²) in [6.07, 6.45) is 0. The lowest BCUT2D eigenvalue weighted by Gasteiger charge is -2.00. The number of aromatic amines is 2. The fourth-order valence-electron chi connectivity index (χ4n) is 2.03. The zero-order valence-corrected chi connectivity index (χ0v) is 11.6. The summed E-state index contributed by atoms with van der Waals surface area (Å²) in [5.74, 6) is -0.189. The van der Waals surface area contributed by atoms with Crippen LogP contribution >= 0.6 is 11.3 Å². The zero-order valence-electron chi connectivity index (χ0n) is 10.8. The summed E-state index contributed by atoms with van der Waals surface area (Å²) in [5, 5.41) is 5.48. The number of hydrogen-bond donors (Lipinski definition) is 3. The lowest BCUT2D eigenvalue weighted by molar-refractivity contribution is 0.0946. The van der Waals surface area contributed by atoms with Crippen molar-refractivity contribution < 1.29 is 4.79 Å². The van der Waals surface area contributed by atoms with E-state index in [1.165, 1.54) is 0 Å².